The summed E-state index contributed by atoms with van der Waals surface area (Å²) >= 11 is 0. The molecule has 0 aromatic carbocycles. The van der Waals surface area contributed by atoms with Gasteiger partial charge < -0.3 is 0 Å². The minimum atomic E-state index is -4.73. The van der Waals surface area contributed by atoms with Crippen LogP contribution < -0.4 is 0 Å². The van der Waals surface area contributed by atoms with E-state index in [2.05, 4.69) is 16.8 Å². The van der Waals surface area contributed by atoms with Gasteiger partial charge in [0.1, 0.15) is 5.69 Å². The molecule has 0 saturated heterocycles. The van der Waals surface area contributed by atoms with Gasteiger partial charge in [-0.25, -0.2) is 0 Å². The van der Waals surface area contributed by atoms with Gasteiger partial charge in [0.05, 0.1) is 11.3 Å². The Morgan fingerprint density at radius 2 is 1.93 bits per heavy atom. The number of halogens is 3. The van der Waals surface area contributed by atoms with Crippen molar-refractivity contribution in [1.29, 1.82) is 0 Å². The quantitative estimate of drug-likeness (QED) is 0.561. The Morgan fingerprint density at radius 1 is 1.33 bits per heavy atom. The molecule has 0 fully saturated rings. The first-order valence-corrected chi connectivity index (χ1v) is 3.93. The summed E-state index contributed by atoms with van der Waals surface area (Å²) in [7, 11) is 0. The molecule has 1 heterocycles. The number of Topliss-reactive ketones (excluding diaryl/α,β-unsaturated/α-hetero) is 1. The predicted molar refractivity (Wildman–Crippen MR) is 46.3 cm³/mol. The van der Waals surface area contributed by atoms with Crippen LogP contribution in [-0.4, -0.2) is 22.2 Å². The molecule has 1 aromatic heterocycles. The summed E-state index contributed by atoms with van der Waals surface area (Å²) in [5.41, 5.74) is -1.28. The molecule has 6 heteroatoms. The number of carbonyl (C=O) groups is 1. The molecular formula is C9H7F3N2O. The molecule has 0 N–H and O–H groups in total. The maximum Gasteiger partial charge on any atom is 0.419 e. The van der Waals surface area contributed by atoms with Crippen molar-refractivity contribution >= 4 is 5.78 Å². The van der Waals surface area contributed by atoms with E-state index in [1.165, 1.54) is 12.1 Å². The van der Waals surface area contributed by atoms with Crippen LogP contribution in [0.5, 0.6) is 0 Å². The summed E-state index contributed by atoms with van der Waals surface area (Å²) in [5, 5.41) is 6.84. The number of ketones is 1. The molecule has 0 aliphatic rings. The Labute approximate surface area is 83.6 Å². The van der Waals surface area contributed by atoms with E-state index < -0.39 is 17.5 Å². The van der Waals surface area contributed by atoms with Gasteiger partial charge in [-0.2, -0.15) is 18.3 Å². The molecule has 80 valence electrons. The van der Waals surface area contributed by atoms with E-state index in [9.17, 15) is 18.0 Å². The van der Waals surface area contributed by atoms with Gasteiger partial charge in [0.2, 0.25) is 5.78 Å². The molecule has 1 rings (SSSR count). The zero-order valence-electron chi connectivity index (χ0n) is 7.80. The van der Waals surface area contributed by atoms with Gasteiger partial charge in [-0.1, -0.05) is 6.58 Å². The fourth-order valence-electron chi connectivity index (χ4n) is 0.803. The molecule has 0 bridgehead atoms. The molecule has 0 aliphatic carbocycles. The first-order chi connectivity index (χ1) is 6.82. The molecule has 1 aromatic rings. The second-order valence-electron chi connectivity index (χ2n) is 2.87. The summed E-state index contributed by atoms with van der Waals surface area (Å²) in [5.74, 6) is -1.25. The van der Waals surface area contributed by atoms with Crippen LogP contribution in [0.25, 0.3) is 0 Å². The summed E-state index contributed by atoms with van der Waals surface area (Å²) in [6, 6.07) is 2.59. The summed E-state index contributed by atoms with van der Waals surface area (Å²) in [6.45, 7) is 4.29. The van der Waals surface area contributed by atoms with E-state index in [1.54, 1.807) is 6.92 Å². The predicted octanol–water partition coefficient (Wildman–Crippen LogP) is 2.09. The van der Waals surface area contributed by atoms with Gasteiger partial charge in [0.15, 0.2) is 0 Å². The van der Waals surface area contributed by atoms with Gasteiger partial charge >= 0.3 is 6.18 Å². The molecule has 0 radical (unpaired) electrons. The minimum absolute atomic E-state index is 0.358. The molecule has 0 saturated carbocycles. The third-order valence-corrected chi connectivity index (χ3v) is 1.65. The second-order valence-corrected chi connectivity index (χ2v) is 2.87. The highest BCUT2D eigenvalue weighted by Gasteiger charge is 2.37. The van der Waals surface area contributed by atoms with E-state index in [1.807, 2.05) is 0 Å². The second kappa shape index (κ2) is 3.80. The van der Waals surface area contributed by atoms with Crippen molar-refractivity contribution in [1.82, 2.24) is 10.2 Å². The van der Waals surface area contributed by atoms with Gasteiger partial charge in [0.25, 0.3) is 0 Å². The zero-order valence-corrected chi connectivity index (χ0v) is 7.80. The molecule has 15 heavy (non-hydrogen) atoms. The van der Waals surface area contributed by atoms with Crippen molar-refractivity contribution in [3.63, 3.8) is 0 Å². The third kappa shape index (κ3) is 2.61. The Morgan fingerprint density at radius 3 is 2.33 bits per heavy atom. The average Bonchev–Trinajstić information content (AvgIpc) is 2.15. The number of rotatable bonds is 2. The number of allylic oxidation sites excluding steroid dienone is 1. The van der Waals surface area contributed by atoms with Gasteiger partial charge in [-0.15, -0.1) is 5.10 Å². The third-order valence-electron chi connectivity index (χ3n) is 1.65. The van der Waals surface area contributed by atoms with Crippen LogP contribution >= 0.6 is 0 Å². The van der Waals surface area contributed by atoms with E-state index >= 15 is 0 Å². The fourth-order valence-corrected chi connectivity index (χ4v) is 0.803. The lowest BCUT2D eigenvalue weighted by Crippen LogP contribution is -2.20. The van der Waals surface area contributed by atoms with Crippen LogP contribution in [0.2, 0.25) is 0 Å². The van der Waals surface area contributed by atoms with Crippen molar-refractivity contribution in [3.8, 4) is 0 Å². The summed E-state index contributed by atoms with van der Waals surface area (Å²) in [6.07, 6.45) is -4.73. The topological polar surface area (TPSA) is 42.9 Å². The lowest BCUT2D eigenvalue weighted by atomic mass is 10.1. The van der Waals surface area contributed by atoms with Crippen LogP contribution in [-0.2, 0) is 0 Å². The van der Waals surface area contributed by atoms with Crippen molar-refractivity contribution in [3.05, 3.63) is 35.7 Å². The van der Waals surface area contributed by atoms with Crippen LogP contribution in [0.15, 0.2) is 24.3 Å². The number of alkyl halides is 3. The van der Waals surface area contributed by atoms with Crippen molar-refractivity contribution in [2.24, 2.45) is 0 Å². The number of aryl methyl sites for hydroxylation is 1. The monoisotopic (exact) mass is 216 g/mol. The lowest BCUT2D eigenvalue weighted by Gasteiger charge is -2.07. The number of hydrogen-bond acceptors (Lipinski definition) is 3. The van der Waals surface area contributed by atoms with E-state index in [-0.39, 0.29) is 5.69 Å². The van der Waals surface area contributed by atoms with E-state index in [0.717, 1.165) is 0 Å². The summed E-state index contributed by atoms with van der Waals surface area (Å²) < 4.78 is 36.3. The Hall–Kier alpha value is -1.72. The molecule has 0 aliphatic heterocycles. The maximum atomic E-state index is 12.1. The Kier molecular flexibility index (Phi) is 2.88. The number of hydrogen-bond donors (Lipinski definition) is 0. The molecule has 0 amide bonds. The minimum Gasteiger partial charge on any atom is -0.287 e. The SMILES string of the molecule is C=C(C(=O)c1ccc(C)nn1)C(F)(F)F. The molecule has 0 atom stereocenters. The van der Waals surface area contributed by atoms with Gasteiger partial charge in [-0.05, 0) is 19.1 Å². The normalized spacial score (nSPS) is 11.2. The fraction of sp³-hybridized carbons (Fsp3) is 0.222. The smallest absolute Gasteiger partial charge is 0.287 e. The highest BCUT2D eigenvalue weighted by atomic mass is 19.4. The summed E-state index contributed by atoms with van der Waals surface area (Å²) in [4.78, 5) is 11.2. The first kappa shape index (κ1) is 11.4. The van der Waals surface area contributed by atoms with Crippen molar-refractivity contribution < 1.29 is 18.0 Å². The standard InChI is InChI=1S/C9H7F3N2O/c1-5-3-4-7(14-13-5)8(15)6(2)9(10,11)12/h3-4H,2H2,1H3. The zero-order chi connectivity index (χ0) is 11.6. The van der Waals surface area contributed by atoms with Crippen molar-refractivity contribution in [2.45, 2.75) is 13.1 Å². The van der Waals surface area contributed by atoms with Crippen LogP contribution in [0, 0.1) is 6.92 Å². The van der Waals surface area contributed by atoms with Crippen molar-refractivity contribution in [2.75, 3.05) is 0 Å². The van der Waals surface area contributed by atoms with Gasteiger partial charge in [0, 0.05) is 0 Å². The average molecular weight is 216 g/mol. The van der Waals surface area contributed by atoms with E-state index in [4.69, 9.17) is 0 Å². The molecule has 0 unspecified atom stereocenters. The Bertz CT molecular complexity index is 395. The molecule has 0 spiro atoms. The lowest BCUT2D eigenvalue weighted by molar-refractivity contribution is -0.0884. The van der Waals surface area contributed by atoms with E-state index in [0.29, 0.717) is 5.69 Å². The van der Waals surface area contributed by atoms with Crippen LogP contribution in [0.3, 0.4) is 0 Å². The molecule has 3 nitrogen and oxygen atoms in total. The number of carbonyl (C=O) groups excluding carboxylic acids is 1. The highest BCUT2D eigenvalue weighted by Crippen LogP contribution is 2.26. The highest BCUT2D eigenvalue weighted by molar-refractivity contribution is 6.07. The Balaban J connectivity index is 2.96. The number of aromatic nitrogens is 2. The largest absolute Gasteiger partial charge is 0.419 e. The number of nitrogens with zero attached hydrogens (tertiary/aromatic N) is 2. The maximum absolute atomic E-state index is 12.1. The van der Waals surface area contributed by atoms with Crippen LogP contribution in [0.4, 0.5) is 13.2 Å². The van der Waals surface area contributed by atoms with Gasteiger partial charge in [-0.3, -0.25) is 4.79 Å². The molecular weight excluding hydrogens is 209 g/mol. The first-order valence-electron chi connectivity index (χ1n) is 3.93. The van der Waals surface area contributed by atoms with Crippen LogP contribution in [0.1, 0.15) is 16.2 Å².